The minimum atomic E-state index is 0.148. The first-order valence-corrected chi connectivity index (χ1v) is 8.37. The summed E-state index contributed by atoms with van der Waals surface area (Å²) in [6.07, 6.45) is 9.31. The first-order chi connectivity index (χ1) is 12.0. The van der Waals surface area contributed by atoms with E-state index in [9.17, 15) is 0 Å². The molecule has 0 atom stereocenters. The molecule has 124 valence electrons. The van der Waals surface area contributed by atoms with E-state index in [0.29, 0.717) is 0 Å². The van der Waals surface area contributed by atoms with E-state index in [4.69, 9.17) is 0 Å². The Morgan fingerprint density at radius 3 is 2.32 bits per heavy atom. The summed E-state index contributed by atoms with van der Waals surface area (Å²) in [6, 6.07) is 12.6. The molecule has 0 aliphatic rings. The quantitative estimate of drug-likeness (QED) is 0.533. The molecule has 0 unspecified atom stereocenters. The number of imidazole rings is 1. The Labute approximate surface area is 147 Å². The van der Waals surface area contributed by atoms with Gasteiger partial charge in [0.25, 0.3) is 0 Å². The number of fused-ring (bicyclic) bond motifs is 1. The topological polar surface area (TPSA) is 43.1 Å². The zero-order valence-electron chi connectivity index (χ0n) is 14.6. The number of nitrogens with zero attached hydrogens (tertiary/aromatic N) is 4. The summed E-state index contributed by atoms with van der Waals surface area (Å²) >= 11 is 0. The van der Waals surface area contributed by atoms with Gasteiger partial charge >= 0.3 is 0 Å². The van der Waals surface area contributed by atoms with Crippen LogP contribution in [0.1, 0.15) is 26.3 Å². The fourth-order valence-electron chi connectivity index (χ4n) is 2.91. The van der Waals surface area contributed by atoms with Crippen LogP contribution >= 0.6 is 0 Å². The molecule has 25 heavy (non-hydrogen) atoms. The lowest BCUT2D eigenvalue weighted by atomic mass is 9.86. The Morgan fingerprint density at radius 2 is 1.64 bits per heavy atom. The van der Waals surface area contributed by atoms with Crippen LogP contribution in [-0.2, 0) is 5.41 Å². The van der Waals surface area contributed by atoms with Gasteiger partial charge in [-0.2, -0.15) is 0 Å². The van der Waals surface area contributed by atoms with Crippen LogP contribution in [0.15, 0.2) is 67.4 Å². The Morgan fingerprint density at radius 1 is 0.840 bits per heavy atom. The Kier molecular flexibility index (Phi) is 3.61. The van der Waals surface area contributed by atoms with E-state index < -0.39 is 0 Å². The molecule has 4 aromatic rings. The molecule has 4 rings (SSSR count). The lowest BCUT2D eigenvalue weighted by Gasteiger charge is -2.19. The summed E-state index contributed by atoms with van der Waals surface area (Å²) in [7, 11) is 0. The number of pyridine rings is 1. The maximum Gasteiger partial charge on any atom is 0.155 e. The summed E-state index contributed by atoms with van der Waals surface area (Å²) in [5.74, 6) is 0. The van der Waals surface area contributed by atoms with E-state index in [1.807, 2.05) is 30.7 Å². The van der Waals surface area contributed by atoms with Gasteiger partial charge in [0.05, 0.1) is 23.8 Å². The van der Waals surface area contributed by atoms with Gasteiger partial charge in [0.2, 0.25) is 0 Å². The highest BCUT2D eigenvalue weighted by Crippen LogP contribution is 2.27. The first-order valence-electron chi connectivity index (χ1n) is 8.37. The SMILES string of the molecule is CC(C)(C)c1ccc(-c2cnc3cnc(-c4cccnc4)cn23)cc1. The molecule has 0 saturated heterocycles. The van der Waals surface area contributed by atoms with Crippen LogP contribution in [0.2, 0.25) is 0 Å². The number of hydrogen-bond donors (Lipinski definition) is 0. The van der Waals surface area contributed by atoms with E-state index in [-0.39, 0.29) is 5.41 Å². The fourth-order valence-corrected chi connectivity index (χ4v) is 2.91. The van der Waals surface area contributed by atoms with Gasteiger partial charge < -0.3 is 0 Å². The van der Waals surface area contributed by atoms with Crippen molar-refractivity contribution in [2.75, 3.05) is 0 Å². The summed E-state index contributed by atoms with van der Waals surface area (Å²) in [6.45, 7) is 6.67. The van der Waals surface area contributed by atoms with Gasteiger partial charge in [0.1, 0.15) is 0 Å². The van der Waals surface area contributed by atoms with Crippen molar-refractivity contribution in [1.82, 2.24) is 19.4 Å². The molecule has 4 heteroatoms. The molecule has 1 aromatic carbocycles. The van der Waals surface area contributed by atoms with E-state index >= 15 is 0 Å². The van der Waals surface area contributed by atoms with E-state index in [0.717, 1.165) is 28.2 Å². The third-order valence-corrected chi connectivity index (χ3v) is 4.40. The van der Waals surface area contributed by atoms with E-state index in [1.165, 1.54) is 5.56 Å². The summed E-state index contributed by atoms with van der Waals surface area (Å²) < 4.78 is 2.08. The standard InChI is InChI=1S/C21H20N4/c1-21(2,3)17-8-6-15(7-9-17)19-12-24-20-13-23-18(14-25(19)20)16-5-4-10-22-11-16/h4-14H,1-3H3. The maximum absolute atomic E-state index is 4.51. The fraction of sp³-hybridized carbons (Fsp3) is 0.190. The predicted octanol–water partition coefficient (Wildman–Crippen LogP) is 4.76. The molecule has 0 aliphatic carbocycles. The van der Waals surface area contributed by atoms with Gasteiger partial charge in [-0.05, 0) is 23.1 Å². The average molecular weight is 328 g/mol. The van der Waals surface area contributed by atoms with Crippen molar-refractivity contribution in [2.24, 2.45) is 0 Å². The van der Waals surface area contributed by atoms with Gasteiger partial charge in [-0.15, -0.1) is 0 Å². The number of hydrogen-bond acceptors (Lipinski definition) is 3. The van der Waals surface area contributed by atoms with Crippen molar-refractivity contribution in [3.05, 3.63) is 72.9 Å². The van der Waals surface area contributed by atoms with Crippen LogP contribution in [0.4, 0.5) is 0 Å². The highest BCUT2D eigenvalue weighted by atomic mass is 15.0. The molecule has 3 heterocycles. The molecule has 0 fully saturated rings. The van der Waals surface area contributed by atoms with Gasteiger partial charge in [-0.25, -0.2) is 4.98 Å². The monoisotopic (exact) mass is 328 g/mol. The molecule has 0 radical (unpaired) electrons. The molecule has 4 nitrogen and oxygen atoms in total. The van der Waals surface area contributed by atoms with E-state index in [2.05, 4.69) is 64.4 Å². The van der Waals surface area contributed by atoms with Crippen LogP contribution in [0.3, 0.4) is 0 Å². The molecule has 0 bridgehead atoms. The van der Waals surface area contributed by atoms with Crippen molar-refractivity contribution in [1.29, 1.82) is 0 Å². The second-order valence-electron chi connectivity index (χ2n) is 7.21. The molecule has 0 amide bonds. The van der Waals surface area contributed by atoms with Gasteiger partial charge in [-0.3, -0.25) is 14.4 Å². The lowest BCUT2D eigenvalue weighted by Crippen LogP contribution is -2.10. The largest absolute Gasteiger partial charge is 0.296 e. The zero-order valence-corrected chi connectivity index (χ0v) is 14.6. The minimum absolute atomic E-state index is 0.148. The Hall–Kier alpha value is -3.01. The third-order valence-electron chi connectivity index (χ3n) is 4.40. The maximum atomic E-state index is 4.51. The molecule has 0 N–H and O–H groups in total. The second-order valence-corrected chi connectivity index (χ2v) is 7.21. The summed E-state index contributed by atoms with van der Waals surface area (Å²) in [5, 5.41) is 0. The predicted molar refractivity (Wildman–Crippen MR) is 100 cm³/mol. The van der Waals surface area contributed by atoms with Crippen LogP contribution in [-0.4, -0.2) is 19.4 Å². The van der Waals surface area contributed by atoms with E-state index in [1.54, 1.807) is 12.4 Å². The zero-order chi connectivity index (χ0) is 17.4. The second kappa shape index (κ2) is 5.81. The Bertz CT molecular complexity index is 1010. The lowest BCUT2D eigenvalue weighted by molar-refractivity contribution is 0.590. The van der Waals surface area contributed by atoms with Crippen molar-refractivity contribution < 1.29 is 0 Å². The Balaban J connectivity index is 1.80. The molecule has 0 aliphatic heterocycles. The third kappa shape index (κ3) is 2.91. The van der Waals surface area contributed by atoms with Crippen LogP contribution < -0.4 is 0 Å². The number of benzene rings is 1. The molecular weight excluding hydrogens is 308 g/mol. The average Bonchev–Trinajstić information content (AvgIpc) is 3.05. The number of rotatable bonds is 2. The smallest absolute Gasteiger partial charge is 0.155 e. The van der Waals surface area contributed by atoms with Gasteiger partial charge in [0.15, 0.2) is 5.65 Å². The molecule has 0 saturated carbocycles. The van der Waals surface area contributed by atoms with Crippen molar-refractivity contribution in [2.45, 2.75) is 26.2 Å². The summed E-state index contributed by atoms with van der Waals surface area (Å²) in [4.78, 5) is 13.2. The molecule has 3 aromatic heterocycles. The highest BCUT2D eigenvalue weighted by molar-refractivity contribution is 5.66. The highest BCUT2D eigenvalue weighted by Gasteiger charge is 2.14. The summed E-state index contributed by atoms with van der Waals surface area (Å²) in [5.41, 5.74) is 6.38. The van der Waals surface area contributed by atoms with Gasteiger partial charge in [0, 0.05) is 29.7 Å². The van der Waals surface area contributed by atoms with Crippen LogP contribution in [0.5, 0.6) is 0 Å². The van der Waals surface area contributed by atoms with Crippen LogP contribution in [0, 0.1) is 0 Å². The normalized spacial score (nSPS) is 11.8. The minimum Gasteiger partial charge on any atom is -0.296 e. The van der Waals surface area contributed by atoms with Crippen molar-refractivity contribution in [3.63, 3.8) is 0 Å². The van der Waals surface area contributed by atoms with Gasteiger partial charge in [-0.1, -0.05) is 45.0 Å². The molecule has 0 spiro atoms. The van der Waals surface area contributed by atoms with Crippen molar-refractivity contribution >= 4 is 5.65 Å². The van der Waals surface area contributed by atoms with Crippen molar-refractivity contribution in [3.8, 4) is 22.5 Å². The molecular formula is C21H20N4. The van der Waals surface area contributed by atoms with Crippen LogP contribution in [0.25, 0.3) is 28.2 Å². The first kappa shape index (κ1) is 15.5. The number of aromatic nitrogens is 4.